The van der Waals surface area contributed by atoms with Crippen LogP contribution in [0.25, 0.3) is 11.0 Å². The molecule has 0 unspecified atom stereocenters. The first-order valence-corrected chi connectivity index (χ1v) is 11.5. The van der Waals surface area contributed by atoms with E-state index in [1.807, 2.05) is 40.0 Å². The van der Waals surface area contributed by atoms with Gasteiger partial charge in [-0.1, -0.05) is 0 Å². The van der Waals surface area contributed by atoms with Crippen molar-refractivity contribution in [2.45, 2.75) is 45.7 Å². The van der Waals surface area contributed by atoms with E-state index in [1.165, 1.54) is 11.1 Å². The summed E-state index contributed by atoms with van der Waals surface area (Å²) in [6.07, 6.45) is 6.63. The van der Waals surface area contributed by atoms with E-state index in [0.717, 1.165) is 54.0 Å². The van der Waals surface area contributed by atoms with Gasteiger partial charge in [-0.05, 0) is 80.6 Å². The van der Waals surface area contributed by atoms with Crippen molar-refractivity contribution in [1.82, 2.24) is 24.6 Å². The first-order valence-electron chi connectivity index (χ1n) is 11.5. The van der Waals surface area contributed by atoms with Crippen LogP contribution in [0.4, 0.5) is 0 Å². The molecule has 7 heteroatoms. The molecule has 1 fully saturated rings. The van der Waals surface area contributed by atoms with Crippen molar-refractivity contribution in [3.05, 3.63) is 76.9 Å². The smallest absolute Gasteiger partial charge is 0.254 e. The number of ether oxygens (including phenoxy) is 1. The van der Waals surface area contributed by atoms with E-state index in [9.17, 15) is 4.79 Å². The van der Waals surface area contributed by atoms with E-state index >= 15 is 0 Å². The lowest BCUT2D eigenvalue weighted by Gasteiger charge is -2.34. The van der Waals surface area contributed by atoms with Crippen LogP contribution in [0.3, 0.4) is 0 Å². The maximum absolute atomic E-state index is 13.7. The fourth-order valence-corrected chi connectivity index (χ4v) is 4.68. The third kappa shape index (κ3) is 4.11. The van der Waals surface area contributed by atoms with E-state index in [0.29, 0.717) is 12.1 Å². The van der Waals surface area contributed by atoms with Gasteiger partial charge in [-0.3, -0.25) is 9.48 Å². The Morgan fingerprint density at radius 3 is 2.82 bits per heavy atom. The zero-order valence-electron chi connectivity index (χ0n) is 19.3. The zero-order chi connectivity index (χ0) is 22.9. The Labute approximate surface area is 193 Å². The van der Waals surface area contributed by atoms with Crippen molar-refractivity contribution < 1.29 is 9.53 Å². The molecule has 0 spiro atoms. The summed E-state index contributed by atoms with van der Waals surface area (Å²) in [5.74, 6) is 1.64. The van der Waals surface area contributed by atoms with Gasteiger partial charge in [0.2, 0.25) is 0 Å². The molecule has 7 nitrogen and oxygen atoms in total. The number of carbonyl (C=O) groups excluding carboxylic acids is 1. The van der Waals surface area contributed by atoms with Crippen molar-refractivity contribution in [2.24, 2.45) is 0 Å². The molecule has 1 aliphatic heterocycles. The minimum Gasteiger partial charge on any atom is -0.496 e. The van der Waals surface area contributed by atoms with E-state index in [2.05, 4.69) is 36.1 Å². The molecule has 2 aromatic heterocycles. The summed E-state index contributed by atoms with van der Waals surface area (Å²) >= 11 is 0. The largest absolute Gasteiger partial charge is 0.496 e. The number of amides is 1. The van der Waals surface area contributed by atoms with Gasteiger partial charge in [0.1, 0.15) is 11.6 Å². The van der Waals surface area contributed by atoms with Crippen LogP contribution in [0.15, 0.2) is 48.8 Å². The highest BCUT2D eigenvalue weighted by molar-refractivity contribution is 5.95. The average molecular weight is 444 g/mol. The van der Waals surface area contributed by atoms with Gasteiger partial charge in [0.05, 0.1) is 30.7 Å². The molecule has 0 radical (unpaired) electrons. The molecular formula is C26H29N5O2. The topological polar surface area (TPSA) is 76.0 Å². The number of methoxy groups -OCH3 is 1. The summed E-state index contributed by atoms with van der Waals surface area (Å²) in [5, 5.41) is 4.29. The van der Waals surface area contributed by atoms with Crippen LogP contribution in [0.2, 0.25) is 0 Å². The molecule has 1 N–H and O–H groups in total. The van der Waals surface area contributed by atoms with E-state index in [1.54, 1.807) is 13.3 Å². The summed E-state index contributed by atoms with van der Waals surface area (Å²) in [5.41, 5.74) is 6.02. The van der Waals surface area contributed by atoms with Crippen LogP contribution in [-0.2, 0) is 6.54 Å². The number of fused-ring (bicyclic) bond motifs is 1. The standard InChI is InChI=1S/C26H29N5O2/c1-17-13-21-22(14-18(17)2)29-25(28-21)23-7-4-5-12-31(23)26(32)19-8-9-24(33-3)20(15-19)16-30-11-6-10-27-30/h6,8-11,13-15,23H,4-5,7,12,16H2,1-3H3,(H,28,29)/t23-/m0/s1. The van der Waals surface area contributed by atoms with Crippen LogP contribution >= 0.6 is 0 Å². The number of hydrogen-bond acceptors (Lipinski definition) is 4. The highest BCUT2D eigenvalue weighted by Gasteiger charge is 2.31. The maximum Gasteiger partial charge on any atom is 0.254 e. The predicted molar refractivity (Wildman–Crippen MR) is 128 cm³/mol. The van der Waals surface area contributed by atoms with Crippen molar-refractivity contribution in [3.63, 3.8) is 0 Å². The molecule has 5 rings (SSSR count). The quantitative estimate of drug-likeness (QED) is 0.481. The summed E-state index contributed by atoms with van der Waals surface area (Å²) < 4.78 is 7.36. The fourth-order valence-electron chi connectivity index (χ4n) is 4.68. The van der Waals surface area contributed by atoms with E-state index in [4.69, 9.17) is 9.72 Å². The van der Waals surface area contributed by atoms with Gasteiger partial charge in [-0.2, -0.15) is 5.10 Å². The molecule has 0 aliphatic carbocycles. The van der Waals surface area contributed by atoms with Crippen LogP contribution in [0.1, 0.15) is 58.2 Å². The number of carbonyl (C=O) groups is 1. The Kier molecular flexibility index (Phi) is 5.62. The molecule has 3 heterocycles. The SMILES string of the molecule is COc1ccc(C(=O)N2CCCC[C@H]2c2nc3cc(C)c(C)cc3[nH]2)cc1Cn1cccn1. The van der Waals surface area contributed by atoms with E-state index < -0.39 is 0 Å². The van der Waals surface area contributed by atoms with Gasteiger partial charge in [-0.25, -0.2) is 4.98 Å². The molecule has 1 amide bonds. The average Bonchev–Trinajstić information content (AvgIpc) is 3.48. The summed E-state index contributed by atoms with van der Waals surface area (Å²) in [4.78, 5) is 24.0. The lowest BCUT2D eigenvalue weighted by atomic mass is 9.99. The van der Waals surface area contributed by atoms with Gasteiger partial charge in [0, 0.05) is 30.1 Å². The van der Waals surface area contributed by atoms with Crippen molar-refractivity contribution in [1.29, 1.82) is 0 Å². The van der Waals surface area contributed by atoms with Crippen LogP contribution in [0, 0.1) is 13.8 Å². The lowest BCUT2D eigenvalue weighted by Crippen LogP contribution is -2.39. The first kappa shape index (κ1) is 21.2. The zero-order valence-corrected chi connectivity index (χ0v) is 19.3. The third-order valence-corrected chi connectivity index (χ3v) is 6.61. The first-order chi connectivity index (χ1) is 16.0. The monoisotopic (exact) mass is 443 g/mol. The maximum atomic E-state index is 13.7. The molecular weight excluding hydrogens is 414 g/mol. The van der Waals surface area contributed by atoms with Crippen LogP contribution in [0.5, 0.6) is 5.75 Å². The number of piperidine rings is 1. The molecule has 2 aromatic carbocycles. The van der Waals surface area contributed by atoms with Gasteiger partial charge in [-0.15, -0.1) is 0 Å². The Hall–Kier alpha value is -3.61. The number of imidazole rings is 1. The molecule has 0 bridgehead atoms. The van der Waals surface area contributed by atoms with Crippen LogP contribution < -0.4 is 4.74 Å². The number of benzene rings is 2. The Morgan fingerprint density at radius 2 is 2.03 bits per heavy atom. The minimum atomic E-state index is -0.0593. The molecule has 170 valence electrons. The van der Waals surface area contributed by atoms with Gasteiger partial charge < -0.3 is 14.6 Å². The number of nitrogens with zero attached hydrogens (tertiary/aromatic N) is 4. The van der Waals surface area contributed by atoms with Gasteiger partial charge in [0.25, 0.3) is 5.91 Å². The normalized spacial score (nSPS) is 16.3. The predicted octanol–water partition coefficient (Wildman–Crippen LogP) is 4.80. The Bertz CT molecular complexity index is 1250. The van der Waals surface area contributed by atoms with E-state index in [-0.39, 0.29) is 11.9 Å². The molecule has 1 saturated heterocycles. The molecule has 33 heavy (non-hydrogen) atoms. The van der Waals surface area contributed by atoms with Crippen molar-refractivity contribution in [3.8, 4) is 5.75 Å². The second-order valence-corrected chi connectivity index (χ2v) is 8.82. The number of rotatable bonds is 5. The number of aryl methyl sites for hydroxylation is 2. The van der Waals surface area contributed by atoms with Crippen molar-refractivity contribution >= 4 is 16.9 Å². The molecule has 1 aliphatic rings. The third-order valence-electron chi connectivity index (χ3n) is 6.61. The summed E-state index contributed by atoms with van der Waals surface area (Å²) in [7, 11) is 1.65. The minimum absolute atomic E-state index is 0.0249. The summed E-state index contributed by atoms with van der Waals surface area (Å²) in [6, 6.07) is 11.7. The highest BCUT2D eigenvalue weighted by atomic mass is 16.5. The van der Waals surface area contributed by atoms with Crippen molar-refractivity contribution in [2.75, 3.05) is 13.7 Å². The molecule has 0 saturated carbocycles. The highest BCUT2D eigenvalue weighted by Crippen LogP contribution is 2.33. The number of hydrogen-bond donors (Lipinski definition) is 1. The number of aromatic nitrogens is 4. The summed E-state index contributed by atoms with van der Waals surface area (Å²) in [6.45, 7) is 5.47. The van der Waals surface area contributed by atoms with Gasteiger partial charge in [0.15, 0.2) is 0 Å². The Balaban J connectivity index is 1.46. The number of likely N-dealkylation sites (tertiary alicyclic amines) is 1. The van der Waals surface area contributed by atoms with Crippen LogP contribution in [-0.4, -0.2) is 44.2 Å². The fraction of sp³-hybridized carbons (Fsp3) is 0.346. The van der Waals surface area contributed by atoms with Gasteiger partial charge >= 0.3 is 0 Å². The number of nitrogens with one attached hydrogen (secondary N) is 1. The lowest BCUT2D eigenvalue weighted by molar-refractivity contribution is 0.0601. The number of aromatic amines is 1. The second kappa shape index (κ2) is 8.73. The number of H-pyrrole nitrogens is 1. The Morgan fingerprint density at radius 1 is 1.18 bits per heavy atom. The molecule has 1 atom stereocenters. The second-order valence-electron chi connectivity index (χ2n) is 8.82. The molecule has 4 aromatic rings.